The largest absolute Gasteiger partial charge is 0.442 e. The molecule has 3 heterocycles. The first-order valence-electron chi connectivity index (χ1n) is 10.8. The molecule has 0 saturated carbocycles. The van der Waals surface area contributed by atoms with Crippen LogP contribution in [0.25, 0.3) is 0 Å². The van der Waals surface area contributed by atoms with E-state index in [1.807, 2.05) is 4.90 Å². The van der Waals surface area contributed by atoms with Gasteiger partial charge in [0.15, 0.2) is 0 Å². The van der Waals surface area contributed by atoms with Crippen molar-refractivity contribution in [2.75, 3.05) is 55.3 Å². The van der Waals surface area contributed by atoms with Gasteiger partial charge in [-0.2, -0.15) is 0 Å². The van der Waals surface area contributed by atoms with Crippen LogP contribution in [0.1, 0.15) is 21.8 Å². The van der Waals surface area contributed by atoms with Crippen molar-refractivity contribution in [2.45, 2.75) is 20.0 Å². The molecule has 0 bridgehead atoms. The van der Waals surface area contributed by atoms with Crippen LogP contribution in [0.15, 0.2) is 22.7 Å². The van der Waals surface area contributed by atoms with E-state index in [1.54, 1.807) is 37.1 Å². The molecule has 0 spiro atoms. The molecule has 1 aromatic carbocycles. The van der Waals surface area contributed by atoms with Crippen LogP contribution in [0, 0.1) is 19.7 Å². The number of thioether (sulfide) groups is 1. The van der Waals surface area contributed by atoms with Gasteiger partial charge in [-0.1, -0.05) is 16.9 Å². The predicted octanol–water partition coefficient (Wildman–Crippen LogP) is 2.79. The SMILES string of the molecule is CSC(=O)NC[C@H]1CN(c2ccc(N3CCN(C(=O)c4c(C)noc4C)CC3)c(F)c2)C(=O)O1. The number of halogens is 1. The van der Waals surface area contributed by atoms with Gasteiger partial charge in [0, 0.05) is 26.2 Å². The molecule has 2 aliphatic rings. The maximum absolute atomic E-state index is 15.0. The van der Waals surface area contributed by atoms with E-state index in [-0.39, 0.29) is 24.2 Å². The minimum Gasteiger partial charge on any atom is -0.442 e. The fraction of sp³-hybridized carbons (Fsp3) is 0.455. The van der Waals surface area contributed by atoms with Gasteiger partial charge in [-0.15, -0.1) is 0 Å². The van der Waals surface area contributed by atoms with Gasteiger partial charge < -0.3 is 24.4 Å². The zero-order valence-electron chi connectivity index (χ0n) is 19.2. The average Bonchev–Trinajstić information content (AvgIpc) is 3.37. The van der Waals surface area contributed by atoms with Crippen LogP contribution >= 0.6 is 11.8 Å². The summed E-state index contributed by atoms with van der Waals surface area (Å²) in [4.78, 5) is 41.4. The highest BCUT2D eigenvalue weighted by molar-refractivity contribution is 8.12. The molecule has 0 unspecified atom stereocenters. The lowest BCUT2D eigenvalue weighted by Crippen LogP contribution is -2.49. The standard InChI is InChI=1S/C22H26FN5O5S/c1-13-19(14(2)33-25-13)20(29)27-8-6-26(7-9-27)18-5-4-15(10-17(18)23)28-12-16(32-22(28)31)11-24-21(30)34-3/h4-5,10,16H,6-9,11-12H2,1-3H3,(H,24,30)/t16-/m0/s1. The fourth-order valence-electron chi connectivity index (χ4n) is 4.13. The molecule has 0 aliphatic carbocycles. The first-order chi connectivity index (χ1) is 16.3. The van der Waals surface area contributed by atoms with E-state index in [9.17, 15) is 14.4 Å². The summed E-state index contributed by atoms with van der Waals surface area (Å²) in [6.45, 7) is 5.66. The Morgan fingerprint density at radius 3 is 2.59 bits per heavy atom. The number of amides is 3. The Morgan fingerprint density at radius 2 is 1.97 bits per heavy atom. The van der Waals surface area contributed by atoms with E-state index in [4.69, 9.17) is 9.26 Å². The van der Waals surface area contributed by atoms with E-state index in [2.05, 4.69) is 10.5 Å². The second kappa shape index (κ2) is 9.92. The van der Waals surface area contributed by atoms with E-state index in [0.29, 0.717) is 54.6 Å². The zero-order valence-corrected chi connectivity index (χ0v) is 20.0. The molecule has 34 heavy (non-hydrogen) atoms. The number of aromatic nitrogens is 1. The van der Waals surface area contributed by atoms with Crippen molar-refractivity contribution in [3.05, 3.63) is 41.0 Å². The van der Waals surface area contributed by atoms with Crippen LogP contribution < -0.4 is 15.1 Å². The summed E-state index contributed by atoms with van der Waals surface area (Å²) in [5.74, 6) is -0.113. The van der Waals surface area contributed by atoms with Crippen LogP contribution in [0.5, 0.6) is 0 Å². The Labute approximate surface area is 200 Å². The lowest BCUT2D eigenvalue weighted by molar-refractivity contribution is 0.0744. The van der Waals surface area contributed by atoms with Crippen molar-refractivity contribution in [1.82, 2.24) is 15.4 Å². The van der Waals surface area contributed by atoms with Gasteiger partial charge in [-0.05, 0) is 38.3 Å². The van der Waals surface area contributed by atoms with Crippen molar-refractivity contribution in [2.24, 2.45) is 0 Å². The van der Waals surface area contributed by atoms with Gasteiger partial charge >= 0.3 is 6.09 Å². The number of ether oxygens (including phenoxy) is 1. The van der Waals surface area contributed by atoms with E-state index in [0.717, 1.165) is 11.8 Å². The highest BCUT2D eigenvalue weighted by atomic mass is 32.2. The first-order valence-corrected chi connectivity index (χ1v) is 12.1. The molecule has 1 atom stereocenters. The van der Waals surface area contributed by atoms with Gasteiger partial charge in [-0.3, -0.25) is 14.5 Å². The predicted molar refractivity (Wildman–Crippen MR) is 125 cm³/mol. The van der Waals surface area contributed by atoms with Crippen LogP contribution in [0.3, 0.4) is 0 Å². The van der Waals surface area contributed by atoms with Crippen LogP contribution in [0.4, 0.5) is 25.4 Å². The molecule has 2 saturated heterocycles. The Kier molecular flexibility index (Phi) is 6.96. The summed E-state index contributed by atoms with van der Waals surface area (Å²) in [6.07, 6.45) is 0.570. The Bertz CT molecular complexity index is 1080. The summed E-state index contributed by atoms with van der Waals surface area (Å²) >= 11 is 1.04. The third kappa shape index (κ3) is 4.81. The topological polar surface area (TPSA) is 108 Å². The quantitative estimate of drug-likeness (QED) is 0.680. The molecule has 2 aromatic rings. The van der Waals surface area contributed by atoms with Crippen molar-refractivity contribution >= 4 is 40.4 Å². The minimum atomic E-state index is -0.581. The molecule has 1 aromatic heterocycles. The number of cyclic esters (lactones) is 1. The lowest BCUT2D eigenvalue weighted by atomic mass is 10.1. The number of anilines is 2. The van der Waals surface area contributed by atoms with Gasteiger partial charge in [-0.25, -0.2) is 9.18 Å². The maximum Gasteiger partial charge on any atom is 0.414 e. The molecule has 182 valence electrons. The highest BCUT2D eigenvalue weighted by Crippen LogP contribution is 2.29. The minimum absolute atomic E-state index is 0.137. The monoisotopic (exact) mass is 491 g/mol. The molecular formula is C22H26FN5O5S. The molecular weight excluding hydrogens is 465 g/mol. The van der Waals surface area contributed by atoms with Crippen molar-refractivity contribution < 1.29 is 28.0 Å². The average molecular weight is 492 g/mol. The van der Waals surface area contributed by atoms with Crippen LogP contribution in [0.2, 0.25) is 0 Å². The van der Waals surface area contributed by atoms with E-state index < -0.39 is 18.0 Å². The molecule has 10 nitrogen and oxygen atoms in total. The number of nitrogens with zero attached hydrogens (tertiary/aromatic N) is 4. The Morgan fingerprint density at radius 1 is 1.24 bits per heavy atom. The summed E-state index contributed by atoms with van der Waals surface area (Å²) in [7, 11) is 0. The smallest absolute Gasteiger partial charge is 0.414 e. The number of carbonyl (C=O) groups is 3. The number of carbonyl (C=O) groups excluding carboxylic acids is 3. The van der Waals surface area contributed by atoms with Gasteiger partial charge in [0.1, 0.15) is 23.2 Å². The van der Waals surface area contributed by atoms with Crippen molar-refractivity contribution in [1.29, 1.82) is 0 Å². The highest BCUT2D eigenvalue weighted by Gasteiger charge is 2.33. The summed E-state index contributed by atoms with van der Waals surface area (Å²) in [5.41, 5.74) is 1.83. The molecule has 12 heteroatoms. The second-order valence-corrected chi connectivity index (χ2v) is 8.88. The lowest BCUT2D eigenvalue weighted by Gasteiger charge is -2.36. The number of hydrogen-bond donors (Lipinski definition) is 1. The fourth-order valence-corrected chi connectivity index (χ4v) is 4.35. The summed E-state index contributed by atoms with van der Waals surface area (Å²) < 4.78 is 25.4. The van der Waals surface area contributed by atoms with Gasteiger partial charge in [0.2, 0.25) is 0 Å². The van der Waals surface area contributed by atoms with E-state index in [1.165, 1.54) is 11.0 Å². The molecule has 3 amide bonds. The number of benzene rings is 1. The third-order valence-corrected chi connectivity index (χ3v) is 6.45. The molecule has 2 aliphatic heterocycles. The van der Waals surface area contributed by atoms with Crippen molar-refractivity contribution in [3.8, 4) is 0 Å². The maximum atomic E-state index is 15.0. The summed E-state index contributed by atoms with van der Waals surface area (Å²) in [6, 6.07) is 4.61. The van der Waals surface area contributed by atoms with Crippen molar-refractivity contribution in [3.63, 3.8) is 0 Å². The molecule has 0 radical (unpaired) electrons. The van der Waals surface area contributed by atoms with Gasteiger partial charge in [0.05, 0.1) is 30.2 Å². The number of hydrogen-bond acceptors (Lipinski definition) is 8. The zero-order chi connectivity index (χ0) is 24.4. The Hall–Kier alpha value is -3.28. The van der Waals surface area contributed by atoms with Gasteiger partial charge in [0.25, 0.3) is 11.1 Å². The third-order valence-electron chi connectivity index (χ3n) is 5.93. The molecule has 1 N–H and O–H groups in total. The summed E-state index contributed by atoms with van der Waals surface area (Å²) in [5, 5.41) is 6.29. The van der Waals surface area contributed by atoms with Crippen LogP contribution in [-0.4, -0.2) is 78.9 Å². The van der Waals surface area contributed by atoms with E-state index >= 15 is 4.39 Å². The Balaban J connectivity index is 1.37. The number of aryl methyl sites for hydroxylation is 2. The van der Waals surface area contributed by atoms with Crippen LogP contribution in [-0.2, 0) is 4.74 Å². The molecule has 2 fully saturated rings. The first kappa shape index (κ1) is 23.9. The number of rotatable bonds is 5. The normalized spacial score (nSPS) is 18.3. The molecule has 4 rings (SSSR count). The second-order valence-electron chi connectivity index (χ2n) is 8.10. The number of nitrogens with one attached hydrogen (secondary N) is 1. The number of piperazine rings is 1.